The molecule has 0 heterocycles. The molecule has 5 heteroatoms. The Morgan fingerprint density at radius 2 is 1.90 bits per heavy atom. The molecule has 1 unspecified atom stereocenters. The first-order chi connectivity index (χ1) is 9.41. The maximum atomic E-state index is 11.0. The van der Waals surface area contributed by atoms with Crippen LogP contribution in [0.5, 0.6) is 0 Å². The van der Waals surface area contributed by atoms with Crippen LogP contribution >= 0.6 is 0 Å². The van der Waals surface area contributed by atoms with Crippen molar-refractivity contribution in [3.8, 4) is 0 Å². The number of hydrogen-bond donors (Lipinski definition) is 2. The van der Waals surface area contributed by atoms with Crippen LogP contribution in [0.2, 0.25) is 0 Å². The van der Waals surface area contributed by atoms with Gasteiger partial charge in [0.05, 0.1) is 5.92 Å². The molecule has 0 bridgehead atoms. The Kier molecular flexibility index (Phi) is 6.03. The summed E-state index contributed by atoms with van der Waals surface area (Å²) in [6, 6.07) is 7.72. The Morgan fingerprint density at radius 3 is 2.45 bits per heavy atom. The molecule has 2 N–H and O–H groups in total. The van der Waals surface area contributed by atoms with E-state index in [1.165, 1.54) is 0 Å². The fourth-order valence-corrected chi connectivity index (χ4v) is 2.06. The van der Waals surface area contributed by atoms with Crippen molar-refractivity contribution in [2.45, 2.75) is 26.7 Å². The lowest BCUT2D eigenvalue weighted by Gasteiger charge is -2.28. The minimum absolute atomic E-state index is 0.0871. The molecule has 0 saturated carbocycles. The lowest BCUT2D eigenvalue weighted by atomic mass is 10.1. The third-order valence-electron chi connectivity index (χ3n) is 3.19. The van der Waals surface area contributed by atoms with Gasteiger partial charge >= 0.3 is 11.9 Å². The van der Waals surface area contributed by atoms with Crippen LogP contribution in [-0.4, -0.2) is 35.2 Å². The van der Waals surface area contributed by atoms with Gasteiger partial charge in [0.1, 0.15) is 0 Å². The molecule has 110 valence electrons. The first kappa shape index (κ1) is 16.0. The summed E-state index contributed by atoms with van der Waals surface area (Å²) in [4.78, 5) is 23.6. The maximum absolute atomic E-state index is 11.0. The molecule has 1 aromatic rings. The van der Waals surface area contributed by atoms with Crippen molar-refractivity contribution in [1.82, 2.24) is 0 Å². The van der Waals surface area contributed by atoms with E-state index >= 15 is 0 Å². The second kappa shape index (κ2) is 7.53. The molecule has 0 aromatic heterocycles. The van der Waals surface area contributed by atoms with Crippen LogP contribution in [0.3, 0.4) is 0 Å². The van der Waals surface area contributed by atoms with Crippen molar-refractivity contribution in [3.05, 3.63) is 29.8 Å². The summed E-state index contributed by atoms with van der Waals surface area (Å²) < 4.78 is 0. The normalized spacial score (nSPS) is 11.9. The van der Waals surface area contributed by atoms with Gasteiger partial charge in [-0.1, -0.05) is 25.1 Å². The number of rotatable bonds is 8. The van der Waals surface area contributed by atoms with E-state index in [9.17, 15) is 9.59 Å². The SMILES string of the molecule is Cc1ccccc1N(CCCC(=O)O)CC(C)C(=O)O. The zero-order chi connectivity index (χ0) is 15.1. The van der Waals surface area contributed by atoms with Crippen molar-refractivity contribution < 1.29 is 19.8 Å². The lowest BCUT2D eigenvalue weighted by Crippen LogP contribution is -2.33. The Balaban J connectivity index is 2.81. The highest BCUT2D eigenvalue weighted by Crippen LogP contribution is 2.21. The van der Waals surface area contributed by atoms with E-state index < -0.39 is 17.9 Å². The van der Waals surface area contributed by atoms with Crippen LogP contribution in [-0.2, 0) is 9.59 Å². The number of carboxylic acids is 2. The van der Waals surface area contributed by atoms with Crippen molar-refractivity contribution in [1.29, 1.82) is 0 Å². The predicted octanol–water partition coefficient (Wildman–Crippen LogP) is 2.39. The Hall–Kier alpha value is -2.04. The highest BCUT2D eigenvalue weighted by atomic mass is 16.4. The van der Waals surface area contributed by atoms with Crippen molar-refractivity contribution >= 4 is 17.6 Å². The third kappa shape index (κ3) is 4.91. The van der Waals surface area contributed by atoms with Gasteiger partial charge in [-0.05, 0) is 25.0 Å². The van der Waals surface area contributed by atoms with E-state index in [-0.39, 0.29) is 6.42 Å². The molecule has 1 rings (SSSR count). The van der Waals surface area contributed by atoms with Gasteiger partial charge in [-0.3, -0.25) is 9.59 Å². The number of anilines is 1. The minimum atomic E-state index is -0.846. The highest BCUT2D eigenvalue weighted by Gasteiger charge is 2.17. The molecule has 0 radical (unpaired) electrons. The topological polar surface area (TPSA) is 77.8 Å². The summed E-state index contributed by atoms with van der Waals surface area (Å²) in [5.41, 5.74) is 2.02. The summed E-state index contributed by atoms with van der Waals surface area (Å²) >= 11 is 0. The Morgan fingerprint density at radius 1 is 1.25 bits per heavy atom. The van der Waals surface area contributed by atoms with Gasteiger partial charge in [0.25, 0.3) is 0 Å². The summed E-state index contributed by atoms with van der Waals surface area (Å²) in [6.45, 7) is 4.53. The molecule has 0 aliphatic heterocycles. The second-order valence-corrected chi connectivity index (χ2v) is 4.97. The molecular weight excluding hydrogens is 258 g/mol. The summed E-state index contributed by atoms with van der Waals surface area (Å²) in [7, 11) is 0. The third-order valence-corrected chi connectivity index (χ3v) is 3.19. The first-order valence-electron chi connectivity index (χ1n) is 6.67. The molecule has 0 amide bonds. The zero-order valence-electron chi connectivity index (χ0n) is 11.9. The molecule has 0 fully saturated rings. The van der Waals surface area contributed by atoms with E-state index in [0.29, 0.717) is 19.5 Å². The molecule has 5 nitrogen and oxygen atoms in total. The molecule has 0 aliphatic carbocycles. The Bertz CT molecular complexity index is 473. The summed E-state index contributed by atoms with van der Waals surface area (Å²) in [6.07, 6.45) is 0.583. The van der Waals surface area contributed by atoms with E-state index in [0.717, 1.165) is 11.3 Å². The van der Waals surface area contributed by atoms with Gasteiger partial charge in [0, 0.05) is 25.2 Å². The average molecular weight is 279 g/mol. The second-order valence-electron chi connectivity index (χ2n) is 4.97. The monoisotopic (exact) mass is 279 g/mol. The summed E-state index contributed by atoms with van der Waals surface area (Å²) in [5.74, 6) is -2.18. The standard InChI is InChI=1S/C15H21NO4/c1-11-6-3-4-7-13(11)16(9-5-8-14(17)18)10-12(2)15(19)20/h3-4,6-7,12H,5,8-10H2,1-2H3,(H,17,18)(H,19,20). The molecule has 0 spiro atoms. The van der Waals surface area contributed by atoms with Crippen LogP contribution < -0.4 is 4.90 Å². The number of aryl methyl sites for hydroxylation is 1. The predicted molar refractivity (Wildman–Crippen MR) is 77.1 cm³/mol. The Labute approximate surface area is 118 Å². The molecular formula is C15H21NO4. The van der Waals surface area contributed by atoms with Crippen molar-refractivity contribution in [3.63, 3.8) is 0 Å². The summed E-state index contributed by atoms with van der Waals surface area (Å²) in [5, 5.41) is 17.7. The number of carboxylic acid groups (broad SMARTS) is 2. The van der Waals surface area contributed by atoms with Crippen LogP contribution in [0.25, 0.3) is 0 Å². The molecule has 1 aromatic carbocycles. The molecule has 20 heavy (non-hydrogen) atoms. The molecule has 1 atom stereocenters. The smallest absolute Gasteiger partial charge is 0.308 e. The number of para-hydroxylation sites is 1. The fourth-order valence-electron chi connectivity index (χ4n) is 2.06. The number of hydrogen-bond acceptors (Lipinski definition) is 3. The van der Waals surface area contributed by atoms with Crippen molar-refractivity contribution in [2.24, 2.45) is 5.92 Å². The molecule has 0 aliphatic rings. The van der Waals surface area contributed by atoms with Gasteiger partial charge in [0.2, 0.25) is 0 Å². The van der Waals surface area contributed by atoms with Gasteiger partial charge in [-0.15, -0.1) is 0 Å². The number of carbonyl (C=O) groups is 2. The van der Waals surface area contributed by atoms with E-state index in [1.807, 2.05) is 36.1 Å². The largest absolute Gasteiger partial charge is 0.481 e. The van der Waals surface area contributed by atoms with Gasteiger partial charge < -0.3 is 15.1 Å². The fraction of sp³-hybridized carbons (Fsp3) is 0.467. The first-order valence-corrected chi connectivity index (χ1v) is 6.67. The van der Waals surface area contributed by atoms with Crippen LogP contribution in [0, 0.1) is 12.8 Å². The van der Waals surface area contributed by atoms with Gasteiger partial charge in [-0.2, -0.15) is 0 Å². The average Bonchev–Trinajstić information content (AvgIpc) is 2.37. The number of aliphatic carboxylic acids is 2. The number of nitrogens with zero attached hydrogens (tertiary/aromatic N) is 1. The molecule has 0 saturated heterocycles. The highest BCUT2D eigenvalue weighted by molar-refractivity contribution is 5.71. The van der Waals surface area contributed by atoms with Gasteiger partial charge in [-0.25, -0.2) is 0 Å². The quantitative estimate of drug-likeness (QED) is 0.764. The lowest BCUT2D eigenvalue weighted by molar-refractivity contribution is -0.141. The zero-order valence-corrected chi connectivity index (χ0v) is 11.9. The van der Waals surface area contributed by atoms with E-state index in [2.05, 4.69) is 0 Å². The van der Waals surface area contributed by atoms with E-state index in [4.69, 9.17) is 10.2 Å². The van der Waals surface area contributed by atoms with Crippen LogP contribution in [0.4, 0.5) is 5.69 Å². The van der Waals surface area contributed by atoms with Gasteiger partial charge in [0.15, 0.2) is 0 Å². The van der Waals surface area contributed by atoms with Crippen LogP contribution in [0.15, 0.2) is 24.3 Å². The van der Waals surface area contributed by atoms with Crippen LogP contribution in [0.1, 0.15) is 25.3 Å². The maximum Gasteiger partial charge on any atom is 0.308 e. The van der Waals surface area contributed by atoms with E-state index in [1.54, 1.807) is 6.92 Å². The number of benzene rings is 1. The minimum Gasteiger partial charge on any atom is -0.481 e. The van der Waals surface area contributed by atoms with Crippen molar-refractivity contribution in [2.75, 3.05) is 18.0 Å².